The van der Waals surface area contributed by atoms with Gasteiger partial charge in [0.1, 0.15) is 5.82 Å². The number of aryl methyl sites for hydroxylation is 1. The van der Waals surface area contributed by atoms with E-state index in [-0.39, 0.29) is 42.5 Å². The number of amides is 1. The highest BCUT2D eigenvalue weighted by atomic mass is 19.4. The maximum absolute atomic E-state index is 13.7. The molecule has 0 saturated carbocycles. The average molecular weight is 392 g/mol. The van der Waals surface area contributed by atoms with Crippen molar-refractivity contribution in [3.05, 3.63) is 77.6 Å². The Balaban J connectivity index is 1.52. The van der Waals surface area contributed by atoms with Gasteiger partial charge in [0.05, 0.1) is 17.3 Å². The fourth-order valence-corrected chi connectivity index (χ4v) is 2.58. The normalized spacial score (nSPS) is 11.4. The maximum atomic E-state index is 13.7. The molecule has 0 aliphatic rings. The van der Waals surface area contributed by atoms with Crippen LogP contribution in [0.4, 0.5) is 17.6 Å². The van der Waals surface area contributed by atoms with Gasteiger partial charge < -0.3 is 9.73 Å². The standard InChI is InChI=1S/C20H16F4N2O2/c21-16-7-2-1-6-15(16)17-12-26-19(28-17)9-8-18(27)25-11-13-4-3-5-14(10-13)20(22,23)24/h1-7,10,12H,8-9,11H2,(H,25,27). The molecule has 0 spiro atoms. The van der Waals surface area contributed by atoms with Crippen molar-refractivity contribution in [1.82, 2.24) is 10.3 Å². The van der Waals surface area contributed by atoms with Crippen molar-refractivity contribution in [1.29, 1.82) is 0 Å². The topological polar surface area (TPSA) is 55.1 Å². The molecule has 0 aliphatic carbocycles. The minimum atomic E-state index is -4.43. The number of carbonyl (C=O) groups excluding carboxylic acids is 1. The molecule has 3 aromatic rings. The molecule has 1 heterocycles. The minimum Gasteiger partial charge on any atom is -0.441 e. The lowest BCUT2D eigenvalue weighted by molar-refractivity contribution is -0.137. The number of nitrogens with one attached hydrogen (secondary N) is 1. The summed E-state index contributed by atoms with van der Waals surface area (Å²) < 4.78 is 57.3. The molecular formula is C20H16F4N2O2. The number of alkyl halides is 3. The summed E-state index contributed by atoms with van der Waals surface area (Å²) in [6, 6.07) is 10.9. The number of oxazole rings is 1. The summed E-state index contributed by atoms with van der Waals surface area (Å²) in [5.74, 6) is -0.267. The Morgan fingerprint density at radius 1 is 1.11 bits per heavy atom. The van der Waals surface area contributed by atoms with E-state index in [1.165, 1.54) is 24.4 Å². The van der Waals surface area contributed by atoms with Crippen LogP contribution < -0.4 is 5.32 Å². The van der Waals surface area contributed by atoms with Gasteiger partial charge in [-0.1, -0.05) is 24.3 Å². The molecule has 2 aromatic carbocycles. The smallest absolute Gasteiger partial charge is 0.416 e. The van der Waals surface area contributed by atoms with Crippen molar-refractivity contribution in [2.45, 2.75) is 25.6 Å². The van der Waals surface area contributed by atoms with Gasteiger partial charge in [0.15, 0.2) is 11.7 Å². The highest BCUT2D eigenvalue weighted by molar-refractivity contribution is 5.76. The van der Waals surface area contributed by atoms with Crippen LogP contribution in [0, 0.1) is 5.82 Å². The van der Waals surface area contributed by atoms with Gasteiger partial charge in [-0.2, -0.15) is 13.2 Å². The number of carbonyl (C=O) groups is 1. The summed E-state index contributed by atoms with van der Waals surface area (Å²) in [6.07, 6.45) is -2.83. The van der Waals surface area contributed by atoms with Crippen molar-refractivity contribution in [3.63, 3.8) is 0 Å². The molecule has 0 aliphatic heterocycles. The number of nitrogens with zero attached hydrogens (tertiary/aromatic N) is 1. The van der Waals surface area contributed by atoms with Crippen molar-refractivity contribution in [3.8, 4) is 11.3 Å². The van der Waals surface area contributed by atoms with Crippen molar-refractivity contribution in [2.75, 3.05) is 0 Å². The second-order valence-electron chi connectivity index (χ2n) is 6.07. The first-order valence-electron chi connectivity index (χ1n) is 8.45. The largest absolute Gasteiger partial charge is 0.441 e. The molecule has 0 radical (unpaired) electrons. The highest BCUT2D eigenvalue weighted by Crippen LogP contribution is 2.29. The zero-order valence-corrected chi connectivity index (χ0v) is 14.6. The van der Waals surface area contributed by atoms with Gasteiger partial charge in [0, 0.05) is 19.4 Å². The van der Waals surface area contributed by atoms with Crippen LogP contribution >= 0.6 is 0 Å². The molecule has 1 amide bonds. The molecule has 4 nitrogen and oxygen atoms in total. The van der Waals surface area contributed by atoms with Crippen molar-refractivity contribution < 1.29 is 26.8 Å². The zero-order chi connectivity index (χ0) is 20.1. The Hall–Kier alpha value is -3.16. The molecule has 146 valence electrons. The van der Waals surface area contributed by atoms with E-state index in [2.05, 4.69) is 10.3 Å². The van der Waals surface area contributed by atoms with Crippen LogP contribution in [0.3, 0.4) is 0 Å². The third-order valence-corrected chi connectivity index (χ3v) is 4.00. The number of halogens is 4. The summed E-state index contributed by atoms with van der Waals surface area (Å²) in [7, 11) is 0. The SMILES string of the molecule is O=C(CCc1ncc(-c2ccccc2F)o1)NCc1cccc(C(F)(F)F)c1. The Bertz CT molecular complexity index is 967. The molecular weight excluding hydrogens is 376 g/mol. The van der Waals surface area contributed by atoms with Crippen LogP contribution in [-0.4, -0.2) is 10.9 Å². The predicted octanol–water partition coefficient (Wildman–Crippen LogP) is 4.75. The average Bonchev–Trinajstić information content (AvgIpc) is 3.13. The van der Waals surface area contributed by atoms with Crippen LogP contribution in [-0.2, 0) is 23.9 Å². The fraction of sp³-hybridized carbons (Fsp3) is 0.200. The Kier molecular flexibility index (Phi) is 5.77. The summed E-state index contributed by atoms with van der Waals surface area (Å²) in [5, 5.41) is 2.56. The van der Waals surface area contributed by atoms with E-state index in [4.69, 9.17) is 4.42 Å². The number of hydrogen-bond donors (Lipinski definition) is 1. The summed E-state index contributed by atoms with van der Waals surface area (Å²) in [5.41, 5.74) is -0.143. The van der Waals surface area contributed by atoms with E-state index in [1.807, 2.05) is 0 Å². The van der Waals surface area contributed by atoms with E-state index < -0.39 is 17.6 Å². The molecule has 0 fully saturated rings. The van der Waals surface area contributed by atoms with Gasteiger partial charge >= 0.3 is 6.18 Å². The third kappa shape index (κ3) is 4.97. The quantitative estimate of drug-likeness (QED) is 0.616. The Morgan fingerprint density at radius 2 is 1.89 bits per heavy atom. The molecule has 0 saturated heterocycles. The van der Waals surface area contributed by atoms with Crippen molar-refractivity contribution in [2.24, 2.45) is 0 Å². The van der Waals surface area contributed by atoms with Gasteiger partial charge in [0.25, 0.3) is 0 Å². The Morgan fingerprint density at radius 3 is 2.64 bits per heavy atom. The van der Waals surface area contributed by atoms with E-state index in [0.29, 0.717) is 5.56 Å². The lowest BCUT2D eigenvalue weighted by Crippen LogP contribution is -2.23. The van der Waals surface area contributed by atoms with Crippen LogP contribution in [0.1, 0.15) is 23.4 Å². The Labute approximate surface area is 158 Å². The van der Waals surface area contributed by atoms with Crippen molar-refractivity contribution >= 4 is 5.91 Å². The second-order valence-corrected chi connectivity index (χ2v) is 6.07. The third-order valence-electron chi connectivity index (χ3n) is 4.00. The second kappa shape index (κ2) is 8.24. The molecule has 1 N–H and O–H groups in total. The van der Waals surface area contributed by atoms with E-state index in [9.17, 15) is 22.4 Å². The molecule has 28 heavy (non-hydrogen) atoms. The van der Waals surface area contributed by atoms with E-state index in [0.717, 1.165) is 12.1 Å². The first-order valence-corrected chi connectivity index (χ1v) is 8.45. The molecule has 0 bridgehead atoms. The molecule has 3 rings (SSSR count). The van der Waals surface area contributed by atoms with Gasteiger partial charge in [-0.15, -0.1) is 0 Å². The molecule has 0 unspecified atom stereocenters. The van der Waals surface area contributed by atoms with Gasteiger partial charge in [-0.05, 0) is 29.8 Å². The maximum Gasteiger partial charge on any atom is 0.416 e. The minimum absolute atomic E-state index is 0.0190. The van der Waals surface area contributed by atoms with Gasteiger partial charge in [-0.3, -0.25) is 4.79 Å². The molecule has 0 atom stereocenters. The molecule has 8 heteroatoms. The van der Waals surface area contributed by atoms with Crippen LogP contribution in [0.2, 0.25) is 0 Å². The first kappa shape index (κ1) is 19.6. The predicted molar refractivity (Wildman–Crippen MR) is 93.5 cm³/mol. The molecule has 1 aromatic heterocycles. The van der Waals surface area contributed by atoms with Gasteiger partial charge in [-0.25, -0.2) is 9.37 Å². The fourth-order valence-electron chi connectivity index (χ4n) is 2.58. The van der Waals surface area contributed by atoms with E-state index in [1.54, 1.807) is 18.2 Å². The number of rotatable bonds is 6. The zero-order valence-electron chi connectivity index (χ0n) is 14.6. The van der Waals surface area contributed by atoms with Crippen LogP contribution in [0.15, 0.2) is 59.1 Å². The lowest BCUT2D eigenvalue weighted by Gasteiger charge is -2.09. The number of benzene rings is 2. The highest BCUT2D eigenvalue weighted by Gasteiger charge is 2.30. The summed E-state index contributed by atoms with van der Waals surface area (Å²) in [6.45, 7) is -0.0190. The number of hydrogen-bond acceptors (Lipinski definition) is 3. The summed E-state index contributed by atoms with van der Waals surface area (Å²) >= 11 is 0. The van der Waals surface area contributed by atoms with Crippen LogP contribution in [0.5, 0.6) is 0 Å². The van der Waals surface area contributed by atoms with Gasteiger partial charge in [0.2, 0.25) is 5.91 Å². The summed E-state index contributed by atoms with van der Waals surface area (Å²) in [4.78, 5) is 16.0. The monoisotopic (exact) mass is 392 g/mol. The van der Waals surface area contributed by atoms with Crippen LogP contribution in [0.25, 0.3) is 11.3 Å². The first-order chi connectivity index (χ1) is 13.3. The lowest BCUT2D eigenvalue weighted by atomic mass is 10.1. The number of aromatic nitrogens is 1. The van der Waals surface area contributed by atoms with E-state index >= 15 is 0 Å².